The number of amides is 1. The fourth-order valence-corrected chi connectivity index (χ4v) is 4.22. The standard InChI is InChI=1S/C20H20N4O2S/c1-13(18(25)23-20-15(12-21)8-11-27-20)24-9-6-14(7-10-24)19-22-16-4-2-3-5-17(16)26-19/h2-5,8,11,13-14H,6-7,9-10H2,1H3,(H,23,25). The van der Waals surface area contributed by atoms with E-state index in [1.807, 2.05) is 36.6 Å². The molecular weight excluding hydrogens is 360 g/mol. The van der Waals surface area contributed by atoms with Gasteiger partial charge in [-0.15, -0.1) is 11.3 Å². The van der Waals surface area contributed by atoms with Crippen molar-refractivity contribution in [3.8, 4) is 6.07 Å². The first kappa shape index (κ1) is 17.7. The number of hydrogen-bond acceptors (Lipinski definition) is 6. The van der Waals surface area contributed by atoms with Crippen LogP contribution >= 0.6 is 11.3 Å². The number of rotatable bonds is 4. The average molecular weight is 380 g/mol. The highest BCUT2D eigenvalue weighted by atomic mass is 32.1. The van der Waals surface area contributed by atoms with Crippen LogP contribution in [0.3, 0.4) is 0 Å². The van der Waals surface area contributed by atoms with Gasteiger partial charge in [-0.2, -0.15) is 5.26 Å². The number of aromatic nitrogens is 1. The van der Waals surface area contributed by atoms with E-state index in [-0.39, 0.29) is 17.9 Å². The summed E-state index contributed by atoms with van der Waals surface area (Å²) < 4.78 is 5.91. The first-order chi connectivity index (χ1) is 13.2. The summed E-state index contributed by atoms with van der Waals surface area (Å²) in [4.78, 5) is 19.4. The molecule has 138 valence electrons. The number of para-hydroxylation sites is 2. The Bertz CT molecular complexity index is 962. The van der Waals surface area contributed by atoms with Crippen molar-refractivity contribution in [3.05, 3.63) is 47.2 Å². The van der Waals surface area contributed by atoms with Crippen LogP contribution in [0.15, 0.2) is 40.1 Å². The van der Waals surface area contributed by atoms with Gasteiger partial charge < -0.3 is 9.73 Å². The maximum atomic E-state index is 12.6. The number of likely N-dealkylation sites (tertiary alicyclic amines) is 1. The summed E-state index contributed by atoms with van der Waals surface area (Å²) in [6, 6.07) is 11.4. The molecule has 1 atom stereocenters. The van der Waals surface area contributed by atoms with E-state index in [1.54, 1.807) is 6.07 Å². The van der Waals surface area contributed by atoms with Crippen LogP contribution in [0.25, 0.3) is 11.1 Å². The molecule has 0 aliphatic carbocycles. The van der Waals surface area contributed by atoms with Gasteiger partial charge in [0.05, 0.1) is 11.6 Å². The number of fused-ring (bicyclic) bond motifs is 1. The predicted molar refractivity (Wildman–Crippen MR) is 105 cm³/mol. The number of benzene rings is 1. The Morgan fingerprint density at radius 3 is 2.89 bits per heavy atom. The summed E-state index contributed by atoms with van der Waals surface area (Å²) in [5.41, 5.74) is 2.23. The van der Waals surface area contributed by atoms with Gasteiger partial charge in [0.2, 0.25) is 5.91 Å². The fourth-order valence-electron chi connectivity index (χ4n) is 3.47. The highest BCUT2D eigenvalue weighted by Gasteiger charge is 2.29. The summed E-state index contributed by atoms with van der Waals surface area (Å²) in [5, 5.41) is 14.4. The van der Waals surface area contributed by atoms with Gasteiger partial charge in [-0.05, 0) is 56.4 Å². The number of nitrogens with one attached hydrogen (secondary N) is 1. The van der Waals surface area contributed by atoms with Gasteiger partial charge in [0.15, 0.2) is 11.5 Å². The Morgan fingerprint density at radius 2 is 2.15 bits per heavy atom. The molecule has 0 saturated carbocycles. The van der Waals surface area contributed by atoms with Crippen LogP contribution in [-0.4, -0.2) is 34.9 Å². The van der Waals surface area contributed by atoms with E-state index in [0.29, 0.717) is 10.6 Å². The number of carbonyl (C=O) groups excluding carboxylic acids is 1. The van der Waals surface area contributed by atoms with Crippen molar-refractivity contribution in [2.75, 3.05) is 18.4 Å². The van der Waals surface area contributed by atoms with Crippen molar-refractivity contribution < 1.29 is 9.21 Å². The second kappa shape index (κ2) is 7.51. The lowest BCUT2D eigenvalue weighted by Gasteiger charge is -2.34. The fraction of sp³-hybridized carbons (Fsp3) is 0.350. The van der Waals surface area contributed by atoms with Gasteiger partial charge >= 0.3 is 0 Å². The number of anilines is 1. The average Bonchev–Trinajstić information content (AvgIpc) is 3.33. The number of nitriles is 1. The van der Waals surface area contributed by atoms with Crippen LogP contribution in [0.1, 0.15) is 37.1 Å². The maximum Gasteiger partial charge on any atom is 0.242 e. The quantitative estimate of drug-likeness (QED) is 0.741. The van der Waals surface area contributed by atoms with E-state index in [0.717, 1.165) is 42.9 Å². The lowest BCUT2D eigenvalue weighted by molar-refractivity contribution is -0.121. The summed E-state index contributed by atoms with van der Waals surface area (Å²) in [6.45, 7) is 3.54. The topological polar surface area (TPSA) is 82.2 Å². The van der Waals surface area contributed by atoms with E-state index in [1.165, 1.54) is 11.3 Å². The Morgan fingerprint density at radius 1 is 1.37 bits per heavy atom. The molecule has 1 aliphatic heterocycles. The van der Waals surface area contributed by atoms with Crippen molar-refractivity contribution in [3.63, 3.8) is 0 Å². The zero-order chi connectivity index (χ0) is 18.8. The lowest BCUT2D eigenvalue weighted by atomic mass is 9.95. The summed E-state index contributed by atoms with van der Waals surface area (Å²) in [6.07, 6.45) is 1.82. The Hall–Kier alpha value is -2.69. The molecule has 0 spiro atoms. The van der Waals surface area contributed by atoms with Gasteiger partial charge in [0, 0.05) is 5.92 Å². The van der Waals surface area contributed by atoms with E-state index in [2.05, 4.69) is 21.3 Å². The SMILES string of the molecule is CC(C(=O)Nc1sccc1C#N)N1CCC(c2nc3ccccc3o2)CC1. The van der Waals surface area contributed by atoms with Crippen molar-refractivity contribution in [1.29, 1.82) is 5.26 Å². The lowest BCUT2D eigenvalue weighted by Crippen LogP contribution is -2.45. The molecule has 2 aromatic heterocycles. The van der Waals surface area contributed by atoms with Gasteiger partial charge in [-0.3, -0.25) is 9.69 Å². The Balaban J connectivity index is 1.37. The molecule has 1 saturated heterocycles. The van der Waals surface area contributed by atoms with Gasteiger partial charge in [0.25, 0.3) is 0 Å². The molecule has 4 rings (SSSR count). The number of hydrogen-bond donors (Lipinski definition) is 1. The first-order valence-electron chi connectivity index (χ1n) is 9.03. The first-order valence-corrected chi connectivity index (χ1v) is 9.91. The minimum Gasteiger partial charge on any atom is -0.440 e. The van der Waals surface area contributed by atoms with Crippen LogP contribution in [0.2, 0.25) is 0 Å². The van der Waals surface area contributed by atoms with Crippen LogP contribution in [-0.2, 0) is 4.79 Å². The van der Waals surface area contributed by atoms with Crippen molar-refractivity contribution in [2.45, 2.75) is 31.7 Å². The zero-order valence-electron chi connectivity index (χ0n) is 15.0. The largest absolute Gasteiger partial charge is 0.440 e. The third kappa shape index (κ3) is 3.59. The van der Waals surface area contributed by atoms with E-state index in [9.17, 15) is 4.79 Å². The molecule has 1 fully saturated rings. The van der Waals surface area contributed by atoms with Crippen LogP contribution < -0.4 is 5.32 Å². The monoisotopic (exact) mass is 380 g/mol. The molecule has 1 unspecified atom stereocenters. The Kier molecular flexibility index (Phi) is 4.92. The third-order valence-electron chi connectivity index (χ3n) is 5.14. The van der Waals surface area contributed by atoms with Gasteiger partial charge in [-0.1, -0.05) is 12.1 Å². The second-order valence-electron chi connectivity index (χ2n) is 6.77. The number of piperidine rings is 1. The smallest absolute Gasteiger partial charge is 0.242 e. The summed E-state index contributed by atoms with van der Waals surface area (Å²) >= 11 is 1.37. The molecule has 1 amide bonds. The van der Waals surface area contributed by atoms with Crippen molar-refractivity contribution in [2.24, 2.45) is 0 Å². The Labute approximate surface area is 161 Å². The van der Waals surface area contributed by atoms with E-state index < -0.39 is 0 Å². The molecule has 3 aromatic rings. The highest BCUT2D eigenvalue weighted by Crippen LogP contribution is 2.31. The molecule has 3 heterocycles. The zero-order valence-corrected chi connectivity index (χ0v) is 15.8. The molecular formula is C20H20N4O2S. The normalized spacial score (nSPS) is 16.9. The second-order valence-corrected chi connectivity index (χ2v) is 7.69. The molecule has 27 heavy (non-hydrogen) atoms. The van der Waals surface area contributed by atoms with E-state index >= 15 is 0 Å². The van der Waals surface area contributed by atoms with Crippen LogP contribution in [0, 0.1) is 11.3 Å². The summed E-state index contributed by atoms with van der Waals surface area (Å²) in [5.74, 6) is 1.01. The number of oxazole rings is 1. The molecule has 0 bridgehead atoms. The van der Waals surface area contributed by atoms with E-state index in [4.69, 9.17) is 9.68 Å². The third-order valence-corrected chi connectivity index (χ3v) is 5.97. The number of thiophene rings is 1. The number of nitrogens with zero attached hydrogens (tertiary/aromatic N) is 3. The molecule has 7 heteroatoms. The molecule has 1 N–H and O–H groups in total. The number of carbonyl (C=O) groups is 1. The molecule has 0 radical (unpaired) electrons. The molecule has 6 nitrogen and oxygen atoms in total. The van der Waals surface area contributed by atoms with Crippen LogP contribution in [0.5, 0.6) is 0 Å². The molecule has 1 aliphatic rings. The molecule has 1 aromatic carbocycles. The van der Waals surface area contributed by atoms with Crippen molar-refractivity contribution in [1.82, 2.24) is 9.88 Å². The van der Waals surface area contributed by atoms with Gasteiger partial charge in [-0.25, -0.2) is 4.98 Å². The minimum atomic E-state index is -0.247. The predicted octanol–water partition coefficient (Wildman–Crippen LogP) is 3.97. The van der Waals surface area contributed by atoms with Crippen LogP contribution in [0.4, 0.5) is 5.00 Å². The minimum absolute atomic E-state index is 0.0748. The summed E-state index contributed by atoms with van der Waals surface area (Å²) in [7, 11) is 0. The van der Waals surface area contributed by atoms with Gasteiger partial charge in [0.1, 0.15) is 16.6 Å². The maximum absolute atomic E-state index is 12.6. The highest BCUT2D eigenvalue weighted by molar-refractivity contribution is 7.14. The van der Waals surface area contributed by atoms with Crippen molar-refractivity contribution >= 4 is 33.3 Å².